The zero-order valence-corrected chi connectivity index (χ0v) is 7.96. The van der Waals surface area contributed by atoms with Crippen molar-refractivity contribution in [1.82, 2.24) is 0 Å². The summed E-state index contributed by atoms with van der Waals surface area (Å²) in [6, 6.07) is 5.08. The summed E-state index contributed by atoms with van der Waals surface area (Å²) in [6.07, 6.45) is 2.34. The van der Waals surface area contributed by atoms with Crippen LogP contribution in [0.5, 0.6) is 5.75 Å². The zero-order chi connectivity index (χ0) is 9.42. The van der Waals surface area contributed by atoms with Crippen LogP contribution in [0.25, 0.3) is 0 Å². The number of aromatic hydroxyl groups is 1. The first kappa shape index (κ1) is 8.85. The maximum atomic E-state index is 9.57. The van der Waals surface area contributed by atoms with E-state index >= 15 is 0 Å². The van der Waals surface area contributed by atoms with E-state index in [1.807, 2.05) is 0 Å². The summed E-state index contributed by atoms with van der Waals surface area (Å²) in [5, 5.41) is 10.1. The first-order valence-electron chi connectivity index (χ1n) is 4.42. The molecule has 2 nitrogen and oxygen atoms in total. The molecule has 13 heavy (non-hydrogen) atoms. The van der Waals surface area contributed by atoms with Crippen molar-refractivity contribution >= 4 is 11.6 Å². The van der Waals surface area contributed by atoms with E-state index < -0.39 is 0 Å². The number of phenolic OH excluding ortho intramolecular Hbond substituents is 1. The summed E-state index contributed by atoms with van der Waals surface area (Å²) in [7, 11) is 0. The zero-order valence-electron chi connectivity index (χ0n) is 7.20. The van der Waals surface area contributed by atoms with Gasteiger partial charge in [-0.3, -0.25) is 0 Å². The van der Waals surface area contributed by atoms with Gasteiger partial charge in [-0.25, -0.2) is 0 Å². The summed E-state index contributed by atoms with van der Waals surface area (Å²) < 4.78 is 0. The Labute approximate surface area is 82.3 Å². The normalized spacial score (nSPS) is 18.6. The molecule has 1 fully saturated rings. The number of hydrogen-bond donors (Lipinski definition) is 2. The molecule has 1 aromatic carbocycles. The summed E-state index contributed by atoms with van der Waals surface area (Å²) in [5.41, 5.74) is 6.76. The van der Waals surface area contributed by atoms with Crippen LogP contribution in [0.4, 0.5) is 0 Å². The van der Waals surface area contributed by atoms with Crippen LogP contribution in [0.15, 0.2) is 18.2 Å². The Bertz CT molecular complexity index is 323. The van der Waals surface area contributed by atoms with Crippen LogP contribution in [0.1, 0.15) is 24.4 Å². The molecule has 1 unspecified atom stereocenters. The van der Waals surface area contributed by atoms with Gasteiger partial charge in [-0.05, 0) is 30.9 Å². The quantitative estimate of drug-likeness (QED) is 0.765. The average Bonchev–Trinajstić information content (AvgIpc) is 2.85. The SMILES string of the molecule is NC(c1ccc(Cl)cc1O)C1CC1. The fourth-order valence-corrected chi connectivity index (χ4v) is 1.67. The molecule has 1 atom stereocenters. The molecule has 0 aliphatic heterocycles. The predicted molar refractivity (Wildman–Crippen MR) is 52.8 cm³/mol. The monoisotopic (exact) mass is 197 g/mol. The summed E-state index contributed by atoms with van der Waals surface area (Å²) >= 11 is 5.72. The highest BCUT2D eigenvalue weighted by molar-refractivity contribution is 6.30. The third-order valence-electron chi connectivity index (χ3n) is 2.48. The second-order valence-corrected chi connectivity index (χ2v) is 4.00. The molecule has 0 amide bonds. The van der Waals surface area contributed by atoms with Gasteiger partial charge in [0.15, 0.2) is 0 Å². The largest absolute Gasteiger partial charge is 0.508 e. The standard InChI is InChI=1S/C10H12ClNO/c11-7-3-4-8(9(13)5-7)10(12)6-1-2-6/h3-6,10,13H,1-2,12H2. The lowest BCUT2D eigenvalue weighted by molar-refractivity contribution is 0.456. The molecule has 0 radical (unpaired) electrons. The number of halogens is 1. The highest BCUT2D eigenvalue weighted by Gasteiger charge is 2.30. The number of phenols is 1. The van der Waals surface area contributed by atoms with E-state index in [0.29, 0.717) is 10.9 Å². The minimum atomic E-state index is -0.0303. The fraction of sp³-hybridized carbons (Fsp3) is 0.400. The molecular formula is C10H12ClNO. The summed E-state index contributed by atoms with van der Waals surface area (Å²) in [4.78, 5) is 0. The lowest BCUT2D eigenvalue weighted by atomic mass is 10.0. The lowest BCUT2D eigenvalue weighted by Crippen LogP contribution is -2.12. The molecule has 3 N–H and O–H groups in total. The number of rotatable bonds is 2. The molecule has 0 bridgehead atoms. The Morgan fingerprint density at radius 2 is 2.15 bits per heavy atom. The Hall–Kier alpha value is -0.730. The van der Waals surface area contributed by atoms with Crippen molar-refractivity contribution in [3.05, 3.63) is 28.8 Å². The van der Waals surface area contributed by atoms with Gasteiger partial charge in [0.05, 0.1) is 0 Å². The Kier molecular flexibility index (Phi) is 2.18. The second-order valence-electron chi connectivity index (χ2n) is 3.57. The van der Waals surface area contributed by atoms with Gasteiger partial charge >= 0.3 is 0 Å². The van der Waals surface area contributed by atoms with Crippen LogP contribution < -0.4 is 5.73 Å². The molecule has 3 heteroatoms. The van der Waals surface area contributed by atoms with Gasteiger partial charge < -0.3 is 10.8 Å². The van der Waals surface area contributed by atoms with E-state index in [-0.39, 0.29) is 11.8 Å². The maximum Gasteiger partial charge on any atom is 0.121 e. The number of nitrogens with two attached hydrogens (primary N) is 1. The van der Waals surface area contributed by atoms with Crippen molar-refractivity contribution in [2.45, 2.75) is 18.9 Å². The van der Waals surface area contributed by atoms with E-state index in [4.69, 9.17) is 17.3 Å². The van der Waals surface area contributed by atoms with E-state index in [1.165, 1.54) is 12.8 Å². The van der Waals surface area contributed by atoms with Gasteiger partial charge in [-0.1, -0.05) is 17.7 Å². The minimum Gasteiger partial charge on any atom is -0.508 e. The number of hydrogen-bond acceptors (Lipinski definition) is 2. The smallest absolute Gasteiger partial charge is 0.121 e. The fourth-order valence-electron chi connectivity index (χ4n) is 1.51. The Morgan fingerprint density at radius 1 is 1.46 bits per heavy atom. The molecule has 2 rings (SSSR count). The van der Waals surface area contributed by atoms with Crippen LogP contribution in [-0.2, 0) is 0 Å². The van der Waals surface area contributed by atoms with E-state index in [0.717, 1.165) is 5.56 Å². The third-order valence-corrected chi connectivity index (χ3v) is 2.72. The van der Waals surface area contributed by atoms with Crippen molar-refractivity contribution in [2.24, 2.45) is 11.7 Å². The molecule has 0 saturated heterocycles. The second kappa shape index (κ2) is 3.20. The summed E-state index contributed by atoms with van der Waals surface area (Å²) in [5.74, 6) is 0.763. The van der Waals surface area contributed by atoms with Gasteiger partial charge in [-0.2, -0.15) is 0 Å². The first-order chi connectivity index (χ1) is 6.18. The van der Waals surface area contributed by atoms with Gasteiger partial charge in [-0.15, -0.1) is 0 Å². The maximum absolute atomic E-state index is 9.57. The molecule has 1 saturated carbocycles. The van der Waals surface area contributed by atoms with Crippen molar-refractivity contribution < 1.29 is 5.11 Å². The van der Waals surface area contributed by atoms with Crippen LogP contribution in [-0.4, -0.2) is 5.11 Å². The van der Waals surface area contributed by atoms with Gasteiger partial charge in [0.25, 0.3) is 0 Å². The topological polar surface area (TPSA) is 46.2 Å². The van der Waals surface area contributed by atoms with E-state index in [9.17, 15) is 5.11 Å². The Morgan fingerprint density at radius 3 is 2.69 bits per heavy atom. The van der Waals surface area contributed by atoms with E-state index in [1.54, 1.807) is 18.2 Å². The van der Waals surface area contributed by atoms with Gasteiger partial charge in [0.1, 0.15) is 5.75 Å². The summed E-state index contributed by atoms with van der Waals surface area (Å²) in [6.45, 7) is 0. The molecule has 0 spiro atoms. The van der Waals surface area contributed by atoms with Crippen molar-refractivity contribution in [3.63, 3.8) is 0 Å². The van der Waals surface area contributed by atoms with Crippen LogP contribution in [0, 0.1) is 5.92 Å². The predicted octanol–water partition coefficient (Wildman–Crippen LogP) is 2.46. The molecule has 1 aliphatic carbocycles. The average molecular weight is 198 g/mol. The highest BCUT2D eigenvalue weighted by atomic mass is 35.5. The van der Waals surface area contributed by atoms with Gasteiger partial charge in [0.2, 0.25) is 0 Å². The molecular weight excluding hydrogens is 186 g/mol. The third kappa shape index (κ3) is 1.79. The van der Waals surface area contributed by atoms with E-state index in [2.05, 4.69) is 0 Å². The molecule has 0 heterocycles. The minimum absolute atomic E-state index is 0.0303. The molecule has 1 aromatic rings. The van der Waals surface area contributed by atoms with Crippen LogP contribution in [0.3, 0.4) is 0 Å². The highest BCUT2D eigenvalue weighted by Crippen LogP contribution is 2.42. The van der Waals surface area contributed by atoms with Crippen molar-refractivity contribution in [3.8, 4) is 5.75 Å². The lowest BCUT2D eigenvalue weighted by Gasteiger charge is -2.12. The van der Waals surface area contributed by atoms with Crippen molar-refractivity contribution in [1.29, 1.82) is 0 Å². The molecule has 0 aromatic heterocycles. The first-order valence-corrected chi connectivity index (χ1v) is 4.80. The van der Waals surface area contributed by atoms with Gasteiger partial charge in [0, 0.05) is 16.6 Å². The number of benzene rings is 1. The van der Waals surface area contributed by atoms with Crippen LogP contribution in [0.2, 0.25) is 5.02 Å². The molecule has 70 valence electrons. The van der Waals surface area contributed by atoms with Crippen LogP contribution >= 0.6 is 11.6 Å². The Balaban J connectivity index is 2.28. The van der Waals surface area contributed by atoms with Crippen molar-refractivity contribution in [2.75, 3.05) is 0 Å². The molecule has 1 aliphatic rings.